The van der Waals surface area contributed by atoms with E-state index in [1.54, 1.807) is 31.2 Å². The van der Waals surface area contributed by atoms with Crippen molar-refractivity contribution in [2.75, 3.05) is 6.54 Å². The van der Waals surface area contributed by atoms with Crippen molar-refractivity contribution in [3.8, 4) is 11.1 Å². The van der Waals surface area contributed by atoms with E-state index in [0.717, 1.165) is 0 Å². The number of benzene rings is 1. The van der Waals surface area contributed by atoms with Crippen molar-refractivity contribution in [2.45, 2.75) is 38.2 Å². The van der Waals surface area contributed by atoms with E-state index in [4.69, 9.17) is 0 Å². The molecule has 0 aliphatic carbocycles. The van der Waals surface area contributed by atoms with Crippen LogP contribution in [0.25, 0.3) is 11.1 Å². The second kappa shape index (κ2) is 7.70. The summed E-state index contributed by atoms with van der Waals surface area (Å²) < 4.78 is 54.5. The van der Waals surface area contributed by atoms with Gasteiger partial charge >= 0.3 is 6.18 Å². The molecule has 1 aliphatic rings. The van der Waals surface area contributed by atoms with Crippen molar-refractivity contribution in [1.29, 1.82) is 0 Å². The lowest BCUT2D eigenvalue weighted by atomic mass is 10.0. The van der Waals surface area contributed by atoms with Gasteiger partial charge < -0.3 is 14.6 Å². The smallest absolute Gasteiger partial charge is 0.374 e. The fourth-order valence-electron chi connectivity index (χ4n) is 3.84. The van der Waals surface area contributed by atoms with Gasteiger partial charge in [0, 0.05) is 12.7 Å². The molecule has 2 aromatic heterocycles. The Balaban J connectivity index is 1.61. The summed E-state index contributed by atoms with van der Waals surface area (Å²) in [5.74, 6) is -1.27. The molecule has 0 spiro atoms. The van der Waals surface area contributed by atoms with Crippen LogP contribution in [-0.2, 0) is 12.1 Å². The minimum Gasteiger partial charge on any atom is -0.374 e. The third kappa shape index (κ3) is 3.75. The lowest BCUT2D eigenvalue weighted by molar-refractivity contribution is -0.263. The van der Waals surface area contributed by atoms with Crippen LogP contribution >= 0.6 is 0 Å². The van der Waals surface area contributed by atoms with E-state index in [1.165, 1.54) is 34.0 Å². The predicted octanol–water partition coefficient (Wildman–Crippen LogP) is 4.07. The van der Waals surface area contributed by atoms with Crippen molar-refractivity contribution in [3.05, 3.63) is 71.8 Å². The van der Waals surface area contributed by atoms with Gasteiger partial charge in [-0.2, -0.15) is 13.2 Å². The van der Waals surface area contributed by atoms with E-state index in [0.29, 0.717) is 23.7 Å². The van der Waals surface area contributed by atoms with Crippen LogP contribution in [-0.4, -0.2) is 43.2 Å². The molecule has 4 rings (SSSR count). The molecule has 10 heteroatoms. The molecule has 0 bridgehead atoms. The second-order valence-corrected chi connectivity index (χ2v) is 7.98. The summed E-state index contributed by atoms with van der Waals surface area (Å²) in [5, 5.41) is 10.1. The Bertz CT molecular complexity index is 1160. The first-order chi connectivity index (χ1) is 15.0. The predicted molar refractivity (Wildman–Crippen MR) is 107 cm³/mol. The van der Waals surface area contributed by atoms with E-state index < -0.39 is 29.6 Å². The first kappa shape index (κ1) is 21.9. The van der Waals surface area contributed by atoms with E-state index >= 15 is 0 Å². The fraction of sp³-hybridized carbons (Fsp3) is 0.318. The number of halogens is 4. The quantitative estimate of drug-likeness (QED) is 0.614. The maximum absolute atomic E-state index is 13.3. The van der Waals surface area contributed by atoms with Gasteiger partial charge in [0.2, 0.25) is 5.60 Å². The Morgan fingerprint density at radius 2 is 1.81 bits per heavy atom. The summed E-state index contributed by atoms with van der Waals surface area (Å²) in [5.41, 5.74) is -1.17. The maximum atomic E-state index is 13.3. The number of aliphatic hydroxyl groups is 1. The molecule has 168 valence electrons. The normalized spacial score (nSPS) is 18.2. The van der Waals surface area contributed by atoms with Crippen LogP contribution in [0.2, 0.25) is 0 Å². The lowest BCUT2D eigenvalue weighted by Gasteiger charge is -2.36. The minimum absolute atomic E-state index is 0.0204. The van der Waals surface area contributed by atoms with Crippen molar-refractivity contribution >= 4 is 5.91 Å². The van der Waals surface area contributed by atoms with Gasteiger partial charge in [0.1, 0.15) is 11.5 Å². The molecule has 3 aromatic rings. The van der Waals surface area contributed by atoms with E-state index in [9.17, 15) is 27.5 Å². The second-order valence-electron chi connectivity index (χ2n) is 7.98. The third-order valence-electron chi connectivity index (χ3n) is 5.58. The molecular formula is C22H20F4N4O2. The van der Waals surface area contributed by atoms with E-state index in [-0.39, 0.29) is 24.6 Å². The standard InChI is InChI=1S/C22H20F4N4O2/c1-13-11-29(12-17-10-28-20(30(13)17)21(2,32)22(24,25)26)19(31)18-9-15(7-8-27-18)14-3-5-16(23)6-4-14/h3-10,13,32H,11-12H2,1-2H3/t13-,21+/m0/s1. The molecule has 0 unspecified atom stereocenters. The zero-order valence-electron chi connectivity index (χ0n) is 17.3. The molecule has 32 heavy (non-hydrogen) atoms. The topological polar surface area (TPSA) is 71.2 Å². The molecular weight excluding hydrogens is 428 g/mol. The molecule has 2 atom stereocenters. The van der Waals surface area contributed by atoms with Crippen LogP contribution in [0, 0.1) is 5.82 Å². The Kier molecular flexibility index (Phi) is 5.28. The van der Waals surface area contributed by atoms with Gasteiger partial charge in [0.25, 0.3) is 5.91 Å². The summed E-state index contributed by atoms with van der Waals surface area (Å²) in [4.78, 5) is 22.5. The van der Waals surface area contributed by atoms with Gasteiger partial charge in [0.05, 0.1) is 24.5 Å². The molecule has 1 aliphatic heterocycles. The van der Waals surface area contributed by atoms with Crippen LogP contribution < -0.4 is 0 Å². The number of pyridine rings is 1. The van der Waals surface area contributed by atoms with E-state index in [2.05, 4.69) is 9.97 Å². The van der Waals surface area contributed by atoms with Crippen LogP contribution in [0.5, 0.6) is 0 Å². The zero-order chi connectivity index (χ0) is 23.3. The number of carbonyl (C=O) groups excluding carboxylic acids is 1. The Morgan fingerprint density at radius 3 is 2.47 bits per heavy atom. The number of alkyl halides is 3. The first-order valence-corrected chi connectivity index (χ1v) is 9.86. The van der Waals surface area contributed by atoms with Crippen LogP contribution in [0.1, 0.15) is 41.9 Å². The molecule has 1 aromatic carbocycles. The largest absolute Gasteiger partial charge is 0.424 e. The number of fused-ring (bicyclic) bond motifs is 1. The summed E-state index contributed by atoms with van der Waals surface area (Å²) in [6, 6.07) is 8.56. The number of hydrogen-bond acceptors (Lipinski definition) is 4. The monoisotopic (exact) mass is 448 g/mol. The summed E-state index contributed by atoms with van der Waals surface area (Å²) in [6.45, 7) is 2.46. The highest BCUT2D eigenvalue weighted by atomic mass is 19.4. The molecule has 6 nitrogen and oxygen atoms in total. The first-order valence-electron chi connectivity index (χ1n) is 9.86. The summed E-state index contributed by atoms with van der Waals surface area (Å²) >= 11 is 0. The number of hydrogen-bond donors (Lipinski definition) is 1. The molecule has 0 radical (unpaired) electrons. The minimum atomic E-state index is -4.90. The van der Waals surface area contributed by atoms with Crippen LogP contribution in [0.3, 0.4) is 0 Å². The zero-order valence-corrected chi connectivity index (χ0v) is 17.3. The Morgan fingerprint density at radius 1 is 1.12 bits per heavy atom. The van der Waals surface area contributed by atoms with Gasteiger partial charge in [-0.25, -0.2) is 9.37 Å². The Hall–Kier alpha value is -3.27. The highest BCUT2D eigenvalue weighted by molar-refractivity contribution is 5.93. The number of amides is 1. The van der Waals surface area contributed by atoms with Crippen molar-refractivity contribution in [1.82, 2.24) is 19.4 Å². The fourth-order valence-corrected chi connectivity index (χ4v) is 3.84. The number of aromatic nitrogens is 3. The maximum Gasteiger partial charge on any atom is 0.424 e. The molecule has 0 fully saturated rings. The number of rotatable bonds is 3. The Labute approximate surface area is 181 Å². The molecule has 0 saturated heterocycles. The average molecular weight is 448 g/mol. The van der Waals surface area contributed by atoms with Crippen LogP contribution in [0.4, 0.5) is 17.6 Å². The number of nitrogens with zero attached hydrogens (tertiary/aromatic N) is 4. The molecule has 1 N–H and O–H groups in total. The van der Waals surface area contributed by atoms with Gasteiger partial charge in [0.15, 0.2) is 5.82 Å². The highest BCUT2D eigenvalue weighted by Gasteiger charge is 2.55. The molecule has 3 heterocycles. The average Bonchev–Trinajstić information content (AvgIpc) is 3.18. The summed E-state index contributed by atoms with van der Waals surface area (Å²) in [6.07, 6.45) is -2.18. The van der Waals surface area contributed by atoms with Gasteiger partial charge in [-0.15, -0.1) is 0 Å². The molecule has 0 saturated carbocycles. The van der Waals surface area contributed by atoms with Crippen molar-refractivity contribution in [2.24, 2.45) is 0 Å². The lowest BCUT2D eigenvalue weighted by Crippen LogP contribution is -2.45. The van der Waals surface area contributed by atoms with Crippen LogP contribution in [0.15, 0.2) is 48.8 Å². The van der Waals surface area contributed by atoms with Gasteiger partial charge in [-0.3, -0.25) is 9.78 Å². The number of carbonyl (C=O) groups is 1. The third-order valence-corrected chi connectivity index (χ3v) is 5.58. The van der Waals surface area contributed by atoms with E-state index in [1.807, 2.05) is 0 Å². The SMILES string of the molecule is C[C@H]1CN(C(=O)c2cc(-c3ccc(F)cc3)ccn2)Cc2cnc([C@@](C)(O)C(F)(F)F)n21. The van der Waals surface area contributed by atoms with Gasteiger partial charge in [-0.1, -0.05) is 12.1 Å². The number of imidazole rings is 1. The molecule has 1 amide bonds. The highest BCUT2D eigenvalue weighted by Crippen LogP contribution is 2.40. The van der Waals surface area contributed by atoms with Crippen molar-refractivity contribution < 1.29 is 27.5 Å². The van der Waals surface area contributed by atoms with Gasteiger partial charge in [-0.05, 0) is 49.2 Å². The summed E-state index contributed by atoms with van der Waals surface area (Å²) in [7, 11) is 0. The van der Waals surface area contributed by atoms with Crippen molar-refractivity contribution in [3.63, 3.8) is 0 Å².